The van der Waals surface area contributed by atoms with Crippen LogP contribution in [0.5, 0.6) is 0 Å². The first-order valence-electron chi connectivity index (χ1n) is 8.45. The third-order valence-electron chi connectivity index (χ3n) is 4.55. The molecular formula is C18H22ClFN4O2. The summed E-state index contributed by atoms with van der Waals surface area (Å²) in [5, 5.41) is 15.1. The Balaban J connectivity index is 1.69. The van der Waals surface area contributed by atoms with E-state index in [1.807, 2.05) is 10.7 Å². The minimum atomic E-state index is -0.933. The highest BCUT2D eigenvalue weighted by Gasteiger charge is 2.24. The fourth-order valence-corrected chi connectivity index (χ4v) is 3.22. The zero-order valence-corrected chi connectivity index (χ0v) is 15.6. The van der Waals surface area contributed by atoms with Crippen molar-refractivity contribution in [1.29, 1.82) is 0 Å². The van der Waals surface area contributed by atoms with Gasteiger partial charge in [-0.2, -0.15) is 5.10 Å². The molecule has 6 nitrogen and oxygen atoms in total. The maximum atomic E-state index is 14.0. The number of benzene rings is 1. The summed E-state index contributed by atoms with van der Waals surface area (Å²) in [4.78, 5) is 15.3. The molecule has 2 heterocycles. The van der Waals surface area contributed by atoms with Gasteiger partial charge in [0, 0.05) is 44.3 Å². The van der Waals surface area contributed by atoms with Gasteiger partial charge in [-0.15, -0.1) is 0 Å². The number of aliphatic hydroxyl groups is 1. The maximum absolute atomic E-state index is 14.0. The number of aromatic nitrogens is 2. The summed E-state index contributed by atoms with van der Waals surface area (Å²) in [5.41, 5.74) is 1.90. The second-order valence-electron chi connectivity index (χ2n) is 6.70. The Morgan fingerprint density at radius 2 is 2.19 bits per heavy atom. The van der Waals surface area contributed by atoms with E-state index in [4.69, 9.17) is 11.6 Å². The fraction of sp³-hybridized carbons (Fsp3) is 0.444. The molecule has 0 saturated heterocycles. The predicted molar refractivity (Wildman–Crippen MR) is 96.0 cm³/mol. The number of hydrogen-bond donors (Lipinski definition) is 1. The second kappa shape index (κ2) is 7.73. The Hall–Kier alpha value is -1.96. The second-order valence-corrected chi connectivity index (χ2v) is 7.11. The Bertz CT molecular complexity index is 788. The van der Waals surface area contributed by atoms with Gasteiger partial charge >= 0.3 is 0 Å². The molecule has 0 radical (unpaired) electrons. The molecule has 1 aliphatic heterocycles. The van der Waals surface area contributed by atoms with Crippen molar-refractivity contribution in [2.24, 2.45) is 0 Å². The number of hydrogen-bond acceptors (Lipinski definition) is 4. The molecule has 0 unspecified atom stereocenters. The molecule has 2 aromatic rings. The van der Waals surface area contributed by atoms with Crippen molar-refractivity contribution in [2.45, 2.75) is 32.2 Å². The summed E-state index contributed by atoms with van der Waals surface area (Å²) in [6, 6.07) is 6.49. The molecule has 0 bridgehead atoms. The summed E-state index contributed by atoms with van der Waals surface area (Å²) in [7, 11) is 3.30. The number of carbonyl (C=O) groups is 1. The summed E-state index contributed by atoms with van der Waals surface area (Å²) in [6.07, 6.45) is -0.935. The van der Waals surface area contributed by atoms with E-state index in [9.17, 15) is 14.3 Å². The number of aliphatic hydroxyl groups excluding tert-OH is 1. The van der Waals surface area contributed by atoms with Crippen LogP contribution < -0.4 is 0 Å². The lowest BCUT2D eigenvalue weighted by Crippen LogP contribution is -2.33. The number of halogens is 2. The van der Waals surface area contributed by atoms with Crippen molar-refractivity contribution >= 4 is 17.5 Å². The first-order valence-corrected chi connectivity index (χ1v) is 8.83. The first kappa shape index (κ1) is 18.8. The van der Waals surface area contributed by atoms with Crippen LogP contribution in [0.4, 0.5) is 4.39 Å². The van der Waals surface area contributed by atoms with Crippen molar-refractivity contribution in [1.82, 2.24) is 19.6 Å². The van der Waals surface area contributed by atoms with Gasteiger partial charge in [0.05, 0.1) is 24.4 Å². The Kier molecular flexibility index (Phi) is 5.60. The summed E-state index contributed by atoms with van der Waals surface area (Å²) >= 11 is 6.12. The number of nitrogens with zero attached hydrogens (tertiary/aromatic N) is 4. The molecule has 3 rings (SSSR count). The largest absolute Gasteiger partial charge is 0.386 e. The third kappa shape index (κ3) is 4.06. The van der Waals surface area contributed by atoms with Crippen LogP contribution in [-0.2, 0) is 24.4 Å². The van der Waals surface area contributed by atoms with E-state index in [2.05, 4.69) is 10.00 Å². The molecule has 0 saturated carbocycles. The molecule has 1 aliphatic rings. The highest BCUT2D eigenvalue weighted by Crippen LogP contribution is 2.25. The zero-order valence-electron chi connectivity index (χ0n) is 14.8. The van der Waals surface area contributed by atoms with E-state index in [1.165, 1.54) is 11.0 Å². The lowest BCUT2D eigenvalue weighted by molar-refractivity contribution is -0.130. The van der Waals surface area contributed by atoms with Crippen molar-refractivity contribution in [2.75, 3.05) is 20.6 Å². The highest BCUT2D eigenvalue weighted by atomic mass is 35.5. The van der Waals surface area contributed by atoms with E-state index in [1.54, 1.807) is 26.2 Å². The molecule has 1 N–H and O–H groups in total. The van der Waals surface area contributed by atoms with Crippen molar-refractivity contribution in [3.05, 3.63) is 52.1 Å². The van der Waals surface area contributed by atoms with Crippen LogP contribution in [0.1, 0.15) is 29.5 Å². The third-order valence-corrected chi connectivity index (χ3v) is 4.90. The molecule has 140 valence electrons. The van der Waals surface area contributed by atoms with Gasteiger partial charge in [-0.3, -0.25) is 14.4 Å². The quantitative estimate of drug-likeness (QED) is 0.863. The SMILES string of the molecule is CN(C)C(=O)C[C@@H](O)c1cc2n(n1)CCN(Cc1c(F)cccc1Cl)C2. The molecule has 8 heteroatoms. The van der Waals surface area contributed by atoms with Gasteiger partial charge < -0.3 is 10.0 Å². The van der Waals surface area contributed by atoms with E-state index in [-0.39, 0.29) is 18.1 Å². The Morgan fingerprint density at radius 1 is 1.42 bits per heavy atom. The van der Waals surface area contributed by atoms with Gasteiger partial charge in [0.25, 0.3) is 0 Å². The van der Waals surface area contributed by atoms with Crippen LogP contribution in [0.25, 0.3) is 0 Å². The van der Waals surface area contributed by atoms with Gasteiger partial charge in [0.2, 0.25) is 5.91 Å². The number of rotatable bonds is 5. The smallest absolute Gasteiger partial charge is 0.225 e. The maximum Gasteiger partial charge on any atom is 0.225 e. The molecule has 0 aliphatic carbocycles. The summed E-state index contributed by atoms with van der Waals surface area (Å²) in [5.74, 6) is -0.464. The molecule has 0 fully saturated rings. The molecule has 1 aromatic heterocycles. The van der Waals surface area contributed by atoms with Crippen LogP contribution in [0.3, 0.4) is 0 Å². The van der Waals surface area contributed by atoms with E-state index in [0.717, 1.165) is 5.69 Å². The molecule has 1 amide bonds. The van der Waals surface area contributed by atoms with Gasteiger partial charge in [0.1, 0.15) is 11.9 Å². The van der Waals surface area contributed by atoms with E-state index in [0.29, 0.717) is 42.5 Å². The van der Waals surface area contributed by atoms with Gasteiger partial charge in [-0.1, -0.05) is 17.7 Å². The van der Waals surface area contributed by atoms with Gasteiger partial charge in [-0.05, 0) is 18.2 Å². The van der Waals surface area contributed by atoms with Crippen LogP contribution in [0.15, 0.2) is 24.3 Å². The van der Waals surface area contributed by atoms with E-state index < -0.39 is 6.10 Å². The van der Waals surface area contributed by atoms with Gasteiger partial charge in [-0.25, -0.2) is 4.39 Å². The van der Waals surface area contributed by atoms with Crippen LogP contribution in [0, 0.1) is 5.82 Å². The van der Waals surface area contributed by atoms with Crippen molar-refractivity contribution < 1.29 is 14.3 Å². The molecule has 1 atom stereocenters. The van der Waals surface area contributed by atoms with Crippen LogP contribution in [-0.4, -0.2) is 51.2 Å². The highest BCUT2D eigenvalue weighted by molar-refractivity contribution is 6.31. The Morgan fingerprint density at radius 3 is 2.88 bits per heavy atom. The standard InChI is InChI=1S/C18H22ClFN4O2/c1-22(2)18(26)9-17(25)16-8-12-10-23(6-7-24(12)21-16)11-13-14(19)4-3-5-15(13)20/h3-5,8,17,25H,6-7,9-11H2,1-2H3/t17-/m1/s1. The van der Waals surface area contributed by atoms with Crippen molar-refractivity contribution in [3.63, 3.8) is 0 Å². The zero-order chi connectivity index (χ0) is 18.8. The minimum Gasteiger partial charge on any atom is -0.386 e. The van der Waals surface area contributed by atoms with Crippen molar-refractivity contribution in [3.8, 4) is 0 Å². The predicted octanol–water partition coefficient (Wildman–Crippen LogP) is 2.20. The van der Waals surface area contributed by atoms with Crippen LogP contribution in [0.2, 0.25) is 5.02 Å². The number of carbonyl (C=O) groups excluding carboxylic acids is 1. The average Bonchev–Trinajstić information content (AvgIpc) is 3.01. The topological polar surface area (TPSA) is 61.6 Å². The first-order chi connectivity index (χ1) is 12.3. The Labute approximate surface area is 156 Å². The summed E-state index contributed by atoms with van der Waals surface area (Å²) < 4.78 is 15.8. The minimum absolute atomic E-state index is 0.00198. The lowest BCUT2D eigenvalue weighted by atomic mass is 10.1. The molecular weight excluding hydrogens is 359 g/mol. The summed E-state index contributed by atoms with van der Waals surface area (Å²) in [6.45, 7) is 2.32. The van der Waals surface area contributed by atoms with Gasteiger partial charge in [0.15, 0.2) is 0 Å². The molecule has 26 heavy (non-hydrogen) atoms. The van der Waals surface area contributed by atoms with E-state index >= 15 is 0 Å². The molecule has 1 aromatic carbocycles. The average molecular weight is 381 g/mol. The number of fused-ring (bicyclic) bond motifs is 1. The molecule has 0 spiro atoms. The van der Waals surface area contributed by atoms with Crippen LogP contribution >= 0.6 is 11.6 Å². The lowest BCUT2D eigenvalue weighted by Gasteiger charge is -2.27. The normalized spacial score (nSPS) is 15.6. The fourth-order valence-electron chi connectivity index (χ4n) is 3.00. The number of amides is 1. The monoisotopic (exact) mass is 380 g/mol.